The molecule has 0 aliphatic heterocycles. The van der Waals surface area contributed by atoms with Crippen LogP contribution < -0.4 is 5.32 Å². The maximum Gasteiger partial charge on any atom is 0.253 e. The largest absolute Gasteiger partial charge is 0.394 e. The normalized spacial score (nSPS) is 13.5. The molecule has 2 atom stereocenters. The molecular formula is C18H19Cl2NO4. The van der Waals surface area contributed by atoms with E-state index in [1.54, 1.807) is 12.1 Å². The minimum absolute atomic E-state index is 0.00879. The molecule has 4 N–H and O–H groups in total. The lowest BCUT2D eigenvalue weighted by Gasteiger charge is -2.23. The van der Waals surface area contributed by atoms with Gasteiger partial charge in [-0.2, -0.15) is 0 Å². The third-order valence-electron chi connectivity index (χ3n) is 3.83. The van der Waals surface area contributed by atoms with E-state index in [1.165, 1.54) is 0 Å². The van der Waals surface area contributed by atoms with E-state index in [4.69, 9.17) is 28.3 Å². The summed E-state index contributed by atoms with van der Waals surface area (Å²) in [5, 5.41) is 31.2. The van der Waals surface area contributed by atoms with E-state index in [2.05, 4.69) is 5.32 Å². The van der Waals surface area contributed by atoms with Crippen molar-refractivity contribution in [2.45, 2.75) is 23.6 Å². The van der Waals surface area contributed by atoms with Gasteiger partial charge in [0.05, 0.1) is 19.3 Å². The molecule has 0 saturated carbocycles. The van der Waals surface area contributed by atoms with Crippen LogP contribution in [0.15, 0.2) is 48.5 Å². The standard InChI is InChI=1S/C18H19Cl2NO4/c19-17(20)18(25)21-15(10-23)16(24)14-7-5-13(6-8-14)12-3-1-11(9-22)2-4-12/h1-8,15-17,22-24H,9-10H2,(H,21,25). The van der Waals surface area contributed by atoms with E-state index in [1.807, 2.05) is 36.4 Å². The molecule has 0 spiro atoms. The first kappa shape index (κ1) is 19.7. The summed E-state index contributed by atoms with van der Waals surface area (Å²) in [7, 11) is 0. The van der Waals surface area contributed by atoms with Crippen LogP contribution in [0.2, 0.25) is 0 Å². The van der Waals surface area contributed by atoms with Crippen LogP contribution in [0.5, 0.6) is 0 Å². The smallest absolute Gasteiger partial charge is 0.253 e. The lowest BCUT2D eigenvalue weighted by molar-refractivity contribution is -0.121. The number of halogens is 2. The monoisotopic (exact) mass is 383 g/mol. The van der Waals surface area contributed by atoms with Crippen molar-refractivity contribution in [2.75, 3.05) is 6.61 Å². The highest BCUT2D eigenvalue weighted by atomic mass is 35.5. The molecule has 2 rings (SSSR count). The molecule has 0 aliphatic carbocycles. The molecule has 2 aromatic rings. The number of hydrogen-bond donors (Lipinski definition) is 4. The van der Waals surface area contributed by atoms with Crippen LogP contribution in [0.4, 0.5) is 0 Å². The van der Waals surface area contributed by atoms with Crippen molar-refractivity contribution >= 4 is 29.1 Å². The highest BCUT2D eigenvalue weighted by Gasteiger charge is 2.24. The molecule has 0 saturated heterocycles. The van der Waals surface area contributed by atoms with Crippen molar-refractivity contribution in [3.63, 3.8) is 0 Å². The molecule has 0 heterocycles. The minimum atomic E-state index is -1.27. The molecule has 0 fully saturated rings. The van der Waals surface area contributed by atoms with E-state index in [0.717, 1.165) is 16.7 Å². The first-order chi connectivity index (χ1) is 12.0. The van der Waals surface area contributed by atoms with Gasteiger partial charge in [-0.1, -0.05) is 71.7 Å². The fourth-order valence-corrected chi connectivity index (χ4v) is 2.50. The molecule has 0 bridgehead atoms. The van der Waals surface area contributed by atoms with E-state index in [-0.39, 0.29) is 6.61 Å². The van der Waals surface area contributed by atoms with Gasteiger partial charge in [0.2, 0.25) is 0 Å². The molecule has 0 aliphatic rings. The summed E-state index contributed by atoms with van der Waals surface area (Å²) in [6.45, 7) is -0.469. The van der Waals surface area contributed by atoms with E-state index < -0.39 is 29.5 Å². The van der Waals surface area contributed by atoms with Gasteiger partial charge in [0.25, 0.3) is 5.91 Å². The van der Waals surface area contributed by atoms with Crippen LogP contribution in [0, 0.1) is 0 Å². The maximum absolute atomic E-state index is 11.5. The molecule has 134 valence electrons. The van der Waals surface area contributed by atoms with Gasteiger partial charge >= 0.3 is 0 Å². The first-order valence-corrected chi connectivity index (χ1v) is 8.51. The number of amides is 1. The van der Waals surface area contributed by atoms with E-state index >= 15 is 0 Å². The second-order valence-corrected chi connectivity index (χ2v) is 6.62. The zero-order valence-corrected chi connectivity index (χ0v) is 14.8. The predicted octanol–water partition coefficient (Wildman–Crippen LogP) is 2.16. The topological polar surface area (TPSA) is 89.8 Å². The molecule has 0 radical (unpaired) electrons. The minimum Gasteiger partial charge on any atom is -0.394 e. The Kier molecular flexibility index (Phi) is 7.23. The summed E-state index contributed by atoms with van der Waals surface area (Å²) in [5.41, 5.74) is 3.27. The zero-order valence-electron chi connectivity index (χ0n) is 13.3. The number of aliphatic hydroxyl groups is 3. The van der Waals surface area contributed by atoms with Crippen molar-refractivity contribution in [3.8, 4) is 11.1 Å². The SMILES string of the molecule is O=C(NC(CO)C(O)c1ccc(-c2ccc(CO)cc2)cc1)C(Cl)Cl. The summed E-state index contributed by atoms with van der Waals surface area (Å²) < 4.78 is 0. The lowest BCUT2D eigenvalue weighted by Crippen LogP contribution is -2.44. The van der Waals surface area contributed by atoms with Crippen LogP contribution in [0.1, 0.15) is 17.2 Å². The maximum atomic E-state index is 11.5. The number of hydrogen-bond acceptors (Lipinski definition) is 4. The number of alkyl halides is 2. The number of carbonyl (C=O) groups excluding carboxylic acids is 1. The van der Waals surface area contributed by atoms with Crippen molar-refractivity contribution in [3.05, 3.63) is 59.7 Å². The van der Waals surface area contributed by atoms with Crippen LogP contribution in [0.25, 0.3) is 11.1 Å². The predicted molar refractivity (Wildman–Crippen MR) is 97.3 cm³/mol. The molecule has 7 heteroatoms. The Morgan fingerprint density at radius 1 is 0.960 bits per heavy atom. The molecule has 0 aromatic heterocycles. The highest BCUT2D eigenvalue weighted by molar-refractivity contribution is 6.53. The summed E-state index contributed by atoms with van der Waals surface area (Å²) in [6.07, 6.45) is -1.10. The van der Waals surface area contributed by atoms with Crippen molar-refractivity contribution < 1.29 is 20.1 Å². The summed E-state index contributed by atoms with van der Waals surface area (Å²) in [5.74, 6) is -0.679. The van der Waals surface area contributed by atoms with Crippen LogP contribution in [0.3, 0.4) is 0 Å². The van der Waals surface area contributed by atoms with Gasteiger partial charge in [-0.3, -0.25) is 4.79 Å². The van der Waals surface area contributed by atoms with Gasteiger partial charge in [0, 0.05) is 0 Å². The third kappa shape index (κ3) is 5.17. The Labute approximate surface area is 155 Å². The molecule has 1 amide bonds. The second kappa shape index (κ2) is 9.17. The summed E-state index contributed by atoms with van der Waals surface area (Å²) in [6, 6.07) is 13.6. The number of carbonyl (C=O) groups is 1. The number of nitrogens with one attached hydrogen (secondary N) is 1. The third-order valence-corrected chi connectivity index (χ3v) is 4.22. The van der Waals surface area contributed by atoms with Gasteiger partial charge in [0.15, 0.2) is 4.84 Å². The van der Waals surface area contributed by atoms with Gasteiger partial charge in [0.1, 0.15) is 6.10 Å². The summed E-state index contributed by atoms with van der Waals surface area (Å²) in [4.78, 5) is 10.3. The van der Waals surface area contributed by atoms with Crippen molar-refractivity contribution in [1.29, 1.82) is 0 Å². The summed E-state index contributed by atoms with van der Waals surface area (Å²) >= 11 is 10.9. The number of benzene rings is 2. The van der Waals surface area contributed by atoms with Crippen molar-refractivity contribution in [1.82, 2.24) is 5.32 Å². The second-order valence-electron chi connectivity index (χ2n) is 5.52. The number of rotatable bonds is 7. The van der Waals surface area contributed by atoms with Crippen LogP contribution in [-0.4, -0.2) is 38.7 Å². The average molecular weight is 384 g/mol. The lowest BCUT2D eigenvalue weighted by atomic mass is 9.98. The molecular weight excluding hydrogens is 365 g/mol. The molecule has 5 nitrogen and oxygen atoms in total. The highest BCUT2D eigenvalue weighted by Crippen LogP contribution is 2.24. The van der Waals surface area contributed by atoms with Crippen LogP contribution in [-0.2, 0) is 11.4 Å². The van der Waals surface area contributed by atoms with E-state index in [9.17, 15) is 15.0 Å². The molecule has 2 unspecified atom stereocenters. The van der Waals surface area contributed by atoms with E-state index in [0.29, 0.717) is 5.56 Å². The van der Waals surface area contributed by atoms with Gasteiger partial charge in [-0.05, 0) is 22.3 Å². The first-order valence-electron chi connectivity index (χ1n) is 7.64. The fraction of sp³-hybridized carbons (Fsp3) is 0.278. The van der Waals surface area contributed by atoms with Crippen LogP contribution >= 0.6 is 23.2 Å². The Morgan fingerprint density at radius 2 is 1.48 bits per heavy atom. The Morgan fingerprint density at radius 3 is 1.92 bits per heavy atom. The van der Waals surface area contributed by atoms with Gasteiger partial charge < -0.3 is 20.6 Å². The quantitative estimate of drug-likeness (QED) is 0.551. The Hall–Kier alpha value is -1.63. The Bertz CT molecular complexity index is 689. The zero-order chi connectivity index (χ0) is 18.4. The molecule has 2 aromatic carbocycles. The molecule has 25 heavy (non-hydrogen) atoms. The fourth-order valence-electron chi connectivity index (χ4n) is 2.38. The van der Waals surface area contributed by atoms with Gasteiger partial charge in [-0.25, -0.2) is 0 Å². The number of aliphatic hydroxyl groups excluding tert-OH is 3. The average Bonchev–Trinajstić information content (AvgIpc) is 2.65. The Balaban J connectivity index is 2.12. The van der Waals surface area contributed by atoms with Crippen molar-refractivity contribution in [2.24, 2.45) is 0 Å². The van der Waals surface area contributed by atoms with Gasteiger partial charge in [-0.15, -0.1) is 0 Å².